The molecule has 0 fully saturated rings. The maximum absolute atomic E-state index is 13.0. The summed E-state index contributed by atoms with van der Waals surface area (Å²) in [5, 5.41) is 16.2. The molecule has 0 saturated carbocycles. The third kappa shape index (κ3) is 8.87. The van der Waals surface area contributed by atoms with Crippen LogP contribution in [0.3, 0.4) is 0 Å². The lowest BCUT2D eigenvalue weighted by Gasteiger charge is -2.24. The van der Waals surface area contributed by atoms with Crippen LogP contribution in [0.5, 0.6) is 11.5 Å². The molecule has 0 radical (unpaired) electrons. The molecule has 12 heteroatoms. The number of thioether (sulfide) groups is 1. The van der Waals surface area contributed by atoms with Gasteiger partial charge in [-0.3, -0.25) is 19.2 Å². The zero-order chi connectivity index (χ0) is 26.0. The highest BCUT2D eigenvalue weighted by atomic mass is 32.2. The summed E-state index contributed by atoms with van der Waals surface area (Å²) in [7, 11) is 3.00. The number of hydrogen-bond acceptors (Lipinski definition) is 9. The molecule has 0 aliphatic rings. The summed E-state index contributed by atoms with van der Waals surface area (Å²) in [6, 6.07) is 2.85. The molecule has 10 nitrogen and oxygen atoms in total. The van der Waals surface area contributed by atoms with Gasteiger partial charge in [-0.25, -0.2) is 4.98 Å². The molecular formula is C23H29N3O7S2. The molecule has 35 heavy (non-hydrogen) atoms. The number of amides is 2. The second kappa shape index (κ2) is 13.7. The number of nitrogens with zero attached hydrogens (tertiary/aromatic N) is 1. The van der Waals surface area contributed by atoms with Crippen LogP contribution >= 0.6 is 23.1 Å². The molecule has 0 spiro atoms. The highest BCUT2D eigenvalue weighted by Crippen LogP contribution is 2.24. The summed E-state index contributed by atoms with van der Waals surface area (Å²) in [5.74, 6) is -2.06. The monoisotopic (exact) mass is 523 g/mol. The molecule has 1 heterocycles. The van der Waals surface area contributed by atoms with E-state index in [4.69, 9.17) is 9.47 Å². The predicted molar refractivity (Wildman–Crippen MR) is 132 cm³/mol. The lowest BCUT2D eigenvalue weighted by atomic mass is 10.0. The lowest BCUT2D eigenvalue weighted by molar-refractivity contribution is -0.140. The number of methoxy groups -OCH3 is 2. The van der Waals surface area contributed by atoms with Crippen molar-refractivity contribution >= 4 is 46.7 Å². The van der Waals surface area contributed by atoms with Crippen molar-refractivity contribution in [3.8, 4) is 11.5 Å². The fourth-order valence-electron chi connectivity index (χ4n) is 3.15. The standard InChI is InChI=1S/C23H29N3O7S2/c1-13(2)21(26-19(28)10-14-9-15(32-3)5-6-18(14)33-4)22(31)25-16(11-20(29)30)17(27)12-35-23-24-7-8-34-23/h5-9,13,16,21H,10-12H2,1-4H3,(H,25,31)(H,26,28)(H,29,30)/t16?,21-/m0/s1. The van der Waals surface area contributed by atoms with E-state index in [0.717, 1.165) is 0 Å². The average Bonchev–Trinajstić information content (AvgIpc) is 3.33. The summed E-state index contributed by atoms with van der Waals surface area (Å²) < 4.78 is 11.2. The van der Waals surface area contributed by atoms with Crippen molar-refractivity contribution in [3.63, 3.8) is 0 Å². The first-order chi connectivity index (χ1) is 16.6. The van der Waals surface area contributed by atoms with Crippen LogP contribution in [-0.4, -0.2) is 65.7 Å². The minimum Gasteiger partial charge on any atom is -0.497 e. The van der Waals surface area contributed by atoms with E-state index < -0.39 is 42.1 Å². The number of aliphatic carboxylic acids is 1. The van der Waals surface area contributed by atoms with Crippen molar-refractivity contribution in [2.45, 2.75) is 43.1 Å². The van der Waals surface area contributed by atoms with Gasteiger partial charge in [0.2, 0.25) is 11.8 Å². The fourth-order valence-corrected chi connectivity index (χ4v) is 4.73. The maximum atomic E-state index is 13.0. The van der Waals surface area contributed by atoms with E-state index in [2.05, 4.69) is 15.6 Å². The summed E-state index contributed by atoms with van der Waals surface area (Å²) in [6.45, 7) is 3.48. The molecule has 1 aromatic carbocycles. The highest BCUT2D eigenvalue weighted by Gasteiger charge is 2.30. The van der Waals surface area contributed by atoms with E-state index in [9.17, 15) is 24.3 Å². The number of ketones is 1. The molecule has 0 saturated heterocycles. The van der Waals surface area contributed by atoms with Gasteiger partial charge in [0.05, 0.1) is 38.9 Å². The first-order valence-corrected chi connectivity index (χ1v) is 12.6. The summed E-state index contributed by atoms with van der Waals surface area (Å²) >= 11 is 2.53. The van der Waals surface area contributed by atoms with Crippen LogP contribution in [0.15, 0.2) is 34.1 Å². The molecule has 2 atom stereocenters. The molecule has 190 valence electrons. The number of carbonyl (C=O) groups is 4. The van der Waals surface area contributed by atoms with Crippen LogP contribution in [0, 0.1) is 5.92 Å². The molecule has 0 aliphatic heterocycles. The van der Waals surface area contributed by atoms with E-state index in [1.807, 2.05) is 0 Å². The molecule has 0 aliphatic carbocycles. The van der Waals surface area contributed by atoms with E-state index in [1.165, 1.54) is 37.3 Å². The Morgan fingerprint density at radius 1 is 1.14 bits per heavy atom. The topological polar surface area (TPSA) is 144 Å². The zero-order valence-corrected chi connectivity index (χ0v) is 21.5. The van der Waals surface area contributed by atoms with Gasteiger partial charge in [0.25, 0.3) is 0 Å². The number of Topliss-reactive ketones (excluding diaryl/α,β-unsaturated/α-hetero) is 1. The Balaban J connectivity index is 2.08. The second-order valence-corrected chi connectivity index (χ2v) is 9.97. The van der Waals surface area contributed by atoms with Crippen molar-refractivity contribution < 1.29 is 33.8 Å². The van der Waals surface area contributed by atoms with Crippen molar-refractivity contribution in [1.82, 2.24) is 15.6 Å². The van der Waals surface area contributed by atoms with E-state index >= 15 is 0 Å². The third-order valence-corrected chi connectivity index (χ3v) is 6.92. The first kappa shape index (κ1) is 28.1. The molecule has 2 amide bonds. The normalized spacial score (nSPS) is 12.5. The number of ether oxygens (including phenoxy) is 2. The van der Waals surface area contributed by atoms with Crippen LogP contribution in [0.4, 0.5) is 0 Å². The molecule has 0 bridgehead atoms. The Morgan fingerprint density at radius 2 is 1.89 bits per heavy atom. The average molecular weight is 524 g/mol. The summed E-state index contributed by atoms with van der Waals surface area (Å²) in [6.07, 6.45) is 0.965. The second-order valence-electron chi connectivity index (χ2n) is 7.86. The molecule has 1 aromatic heterocycles. The lowest BCUT2D eigenvalue weighted by Crippen LogP contribution is -2.54. The minimum absolute atomic E-state index is 0.0416. The quantitative estimate of drug-likeness (QED) is 0.317. The number of hydrogen-bond donors (Lipinski definition) is 3. The first-order valence-electron chi connectivity index (χ1n) is 10.7. The van der Waals surface area contributed by atoms with Crippen molar-refractivity contribution in [1.29, 1.82) is 0 Å². The molecule has 1 unspecified atom stereocenters. The summed E-state index contributed by atoms with van der Waals surface area (Å²) in [4.78, 5) is 53.8. The maximum Gasteiger partial charge on any atom is 0.305 e. The van der Waals surface area contributed by atoms with Crippen LogP contribution in [0.25, 0.3) is 0 Å². The van der Waals surface area contributed by atoms with Crippen LogP contribution in [0.2, 0.25) is 0 Å². The fraction of sp³-hybridized carbons (Fsp3) is 0.435. The molecule has 2 aromatic rings. The SMILES string of the molecule is COc1ccc(OC)c(CC(=O)N[C@H](C(=O)NC(CC(=O)O)C(=O)CSc2nccs2)C(C)C)c1. The van der Waals surface area contributed by atoms with Crippen LogP contribution in [0.1, 0.15) is 25.8 Å². The van der Waals surface area contributed by atoms with E-state index in [-0.39, 0.29) is 18.1 Å². The number of rotatable bonds is 14. The number of carboxylic acid groups (broad SMARTS) is 1. The van der Waals surface area contributed by atoms with Gasteiger partial charge in [0, 0.05) is 17.1 Å². The molecular weight excluding hydrogens is 494 g/mol. The Morgan fingerprint density at radius 3 is 2.46 bits per heavy atom. The Kier molecular flexibility index (Phi) is 11.0. The van der Waals surface area contributed by atoms with Gasteiger partial charge < -0.3 is 25.2 Å². The number of carboxylic acids is 1. The highest BCUT2D eigenvalue weighted by molar-refractivity contribution is 8.01. The Hall–Kier alpha value is -3.12. The van der Waals surface area contributed by atoms with Gasteiger partial charge >= 0.3 is 5.97 Å². The van der Waals surface area contributed by atoms with Gasteiger partial charge in [-0.1, -0.05) is 25.6 Å². The van der Waals surface area contributed by atoms with Gasteiger partial charge in [-0.2, -0.15) is 0 Å². The third-order valence-electron chi connectivity index (χ3n) is 4.94. The zero-order valence-electron chi connectivity index (χ0n) is 19.9. The van der Waals surface area contributed by atoms with Gasteiger partial charge in [0.1, 0.15) is 21.9 Å². The predicted octanol–water partition coefficient (Wildman–Crippen LogP) is 2.16. The van der Waals surface area contributed by atoms with E-state index in [1.54, 1.807) is 43.6 Å². The van der Waals surface area contributed by atoms with Gasteiger partial charge in [-0.15, -0.1) is 11.3 Å². The largest absolute Gasteiger partial charge is 0.497 e. The van der Waals surface area contributed by atoms with Crippen LogP contribution in [-0.2, 0) is 25.6 Å². The van der Waals surface area contributed by atoms with Crippen molar-refractivity contribution in [2.75, 3.05) is 20.0 Å². The van der Waals surface area contributed by atoms with Crippen molar-refractivity contribution in [3.05, 3.63) is 35.3 Å². The molecule has 3 N–H and O–H groups in total. The number of thiazole rings is 1. The number of carbonyl (C=O) groups excluding carboxylic acids is 3. The van der Waals surface area contributed by atoms with Gasteiger partial charge in [-0.05, 0) is 24.1 Å². The van der Waals surface area contributed by atoms with E-state index in [0.29, 0.717) is 21.4 Å². The smallest absolute Gasteiger partial charge is 0.305 e. The Bertz CT molecular complexity index is 1030. The Labute approximate surface area is 211 Å². The van der Waals surface area contributed by atoms with Crippen molar-refractivity contribution in [2.24, 2.45) is 5.92 Å². The number of nitrogens with one attached hydrogen (secondary N) is 2. The van der Waals surface area contributed by atoms with Gasteiger partial charge in [0.15, 0.2) is 5.78 Å². The number of benzene rings is 1. The number of aromatic nitrogens is 1. The minimum atomic E-state index is -1.23. The molecule has 2 rings (SSSR count). The summed E-state index contributed by atoms with van der Waals surface area (Å²) in [5.41, 5.74) is 0.574. The van der Waals surface area contributed by atoms with Crippen LogP contribution < -0.4 is 20.1 Å².